The zero-order chi connectivity index (χ0) is 13.0. The highest BCUT2D eigenvalue weighted by Crippen LogP contribution is 2.27. The third-order valence-corrected chi connectivity index (χ3v) is 3.16. The lowest BCUT2D eigenvalue weighted by Crippen LogP contribution is -2.30. The second-order valence-corrected chi connectivity index (χ2v) is 4.34. The molecule has 0 bridgehead atoms. The van der Waals surface area contributed by atoms with Crippen LogP contribution in [0.5, 0.6) is 0 Å². The van der Waals surface area contributed by atoms with E-state index in [-0.39, 0.29) is 17.8 Å². The Kier molecular flexibility index (Phi) is 4.11. The second kappa shape index (κ2) is 5.78. The van der Waals surface area contributed by atoms with E-state index in [1.807, 2.05) is 37.4 Å². The molecule has 0 aromatic heterocycles. The van der Waals surface area contributed by atoms with E-state index >= 15 is 0 Å². The van der Waals surface area contributed by atoms with E-state index in [9.17, 15) is 4.39 Å². The van der Waals surface area contributed by atoms with Crippen LogP contribution in [0.3, 0.4) is 0 Å². The summed E-state index contributed by atoms with van der Waals surface area (Å²) in [6.07, 6.45) is 0. The molecule has 0 aliphatic heterocycles. The van der Waals surface area contributed by atoms with Crippen molar-refractivity contribution in [2.75, 3.05) is 7.05 Å². The van der Waals surface area contributed by atoms with Gasteiger partial charge in [-0.3, -0.25) is 0 Å². The molecule has 0 aliphatic rings. The zero-order valence-electron chi connectivity index (χ0n) is 10.4. The maximum Gasteiger partial charge on any atom is 0.123 e. The first-order valence-electron chi connectivity index (χ1n) is 6.03. The molecule has 0 saturated heterocycles. The van der Waals surface area contributed by atoms with E-state index < -0.39 is 0 Å². The molecule has 2 unspecified atom stereocenters. The molecular formula is C16H17FN. The van der Waals surface area contributed by atoms with E-state index in [4.69, 9.17) is 0 Å². The largest absolute Gasteiger partial charge is 0.316 e. The molecule has 1 N–H and O–H groups in total. The Labute approximate surface area is 108 Å². The van der Waals surface area contributed by atoms with Gasteiger partial charge in [-0.2, -0.15) is 0 Å². The molecule has 0 spiro atoms. The molecule has 93 valence electrons. The minimum absolute atomic E-state index is 0.0397. The monoisotopic (exact) mass is 242 g/mol. The molecule has 2 heteroatoms. The van der Waals surface area contributed by atoms with Crippen LogP contribution in [0.25, 0.3) is 0 Å². The van der Waals surface area contributed by atoms with Crippen LogP contribution in [0.1, 0.15) is 17.0 Å². The van der Waals surface area contributed by atoms with Gasteiger partial charge >= 0.3 is 0 Å². The van der Waals surface area contributed by atoms with Crippen molar-refractivity contribution in [3.63, 3.8) is 0 Å². The molecule has 0 fully saturated rings. The summed E-state index contributed by atoms with van der Waals surface area (Å²) >= 11 is 0. The summed E-state index contributed by atoms with van der Waals surface area (Å²) in [6, 6.07) is 16.8. The molecular weight excluding hydrogens is 225 g/mol. The number of benzene rings is 2. The summed E-state index contributed by atoms with van der Waals surface area (Å²) in [5, 5.41) is 3.17. The number of likely N-dealkylation sites (N-methyl/N-ethyl adjacent to an activating group) is 1. The van der Waals surface area contributed by atoms with Crippen LogP contribution in [-0.4, -0.2) is 13.1 Å². The summed E-state index contributed by atoms with van der Waals surface area (Å²) in [6.45, 7) is 4.13. The van der Waals surface area contributed by atoms with E-state index in [1.165, 1.54) is 17.7 Å². The Hall–Kier alpha value is -1.67. The van der Waals surface area contributed by atoms with E-state index in [2.05, 4.69) is 24.4 Å². The first-order valence-corrected chi connectivity index (χ1v) is 6.03. The maximum absolute atomic E-state index is 13.0. The normalized spacial score (nSPS) is 14.2. The van der Waals surface area contributed by atoms with Gasteiger partial charge < -0.3 is 5.32 Å². The van der Waals surface area contributed by atoms with Crippen molar-refractivity contribution < 1.29 is 4.39 Å². The molecule has 0 heterocycles. The van der Waals surface area contributed by atoms with Gasteiger partial charge in [0.25, 0.3) is 0 Å². The minimum Gasteiger partial charge on any atom is -0.316 e. The highest BCUT2D eigenvalue weighted by atomic mass is 19.1. The molecule has 2 aromatic carbocycles. The number of nitrogens with one attached hydrogen (secondary N) is 1. The van der Waals surface area contributed by atoms with E-state index in [0.29, 0.717) is 0 Å². The first kappa shape index (κ1) is 12.8. The van der Waals surface area contributed by atoms with Crippen molar-refractivity contribution in [2.45, 2.75) is 12.0 Å². The van der Waals surface area contributed by atoms with Crippen LogP contribution in [0.2, 0.25) is 0 Å². The lowest BCUT2D eigenvalue weighted by atomic mass is 9.86. The standard InChI is InChI=1S/C16H17FN/c1-12(18-2)16(13-6-4-3-5-7-13)14-8-10-15(17)11-9-14/h3-12,16,18H,1H2,2H3. The first-order chi connectivity index (χ1) is 8.72. The van der Waals surface area contributed by atoms with Gasteiger partial charge in [0.05, 0.1) is 0 Å². The average molecular weight is 242 g/mol. The quantitative estimate of drug-likeness (QED) is 0.866. The molecule has 2 atom stereocenters. The average Bonchev–Trinajstić information content (AvgIpc) is 2.42. The predicted octanol–water partition coefficient (Wildman–Crippen LogP) is 3.38. The van der Waals surface area contributed by atoms with Crippen molar-refractivity contribution in [1.29, 1.82) is 0 Å². The van der Waals surface area contributed by atoms with Crippen LogP contribution in [0.15, 0.2) is 54.6 Å². The van der Waals surface area contributed by atoms with E-state index in [0.717, 1.165) is 5.56 Å². The molecule has 0 aliphatic carbocycles. The summed E-state index contributed by atoms with van der Waals surface area (Å²) in [7, 11) is 1.89. The lowest BCUT2D eigenvalue weighted by molar-refractivity contribution is 0.588. The minimum atomic E-state index is -0.212. The van der Waals surface area contributed by atoms with Gasteiger partial charge in [-0.15, -0.1) is 0 Å². The summed E-state index contributed by atoms with van der Waals surface area (Å²) in [4.78, 5) is 0. The van der Waals surface area contributed by atoms with Crippen LogP contribution >= 0.6 is 0 Å². The van der Waals surface area contributed by atoms with E-state index in [1.54, 1.807) is 0 Å². The second-order valence-electron chi connectivity index (χ2n) is 4.34. The maximum atomic E-state index is 13.0. The molecule has 0 saturated carbocycles. The van der Waals surface area contributed by atoms with Gasteiger partial charge in [0.15, 0.2) is 0 Å². The van der Waals surface area contributed by atoms with Gasteiger partial charge in [-0.1, -0.05) is 42.5 Å². The van der Waals surface area contributed by atoms with Gasteiger partial charge in [-0.05, 0) is 37.2 Å². The van der Waals surface area contributed by atoms with Crippen LogP contribution in [-0.2, 0) is 0 Å². The number of halogens is 1. The lowest BCUT2D eigenvalue weighted by Gasteiger charge is -2.24. The third-order valence-electron chi connectivity index (χ3n) is 3.16. The van der Waals surface area contributed by atoms with Gasteiger partial charge in [0, 0.05) is 12.0 Å². The Morgan fingerprint density at radius 3 is 2.06 bits per heavy atom. The van der Waals surface area contributed by atoms with Crippen molar-refractivity contribution in [3.8, 4) is 0 Å². The van der Waals surface area contributed by atoms with Crippen LogP contribution in [0, 0.1) is 12.7 Å². The van der Waals surface area contributed by atoms with Crippen molar-refractivity contribution in [3.05, 3.63) is 78.5 Å². The molecule has 2 rings (SSSR count). The molecule has 18 heavy (non-hydrogen) atoms. The topological polar surface area (TPSA) is 12.0 Å². The summed E-state index contributed by atoms with van der Waals surface area (Å²) in [5.74, 6) is -0.0903. The Morgan fingerprint density at radius 1 is 0.944 bits per heavy atom. The van der Waals surface area contributed by atoms with Gasteiger partial charge in [0.2, 0.25) is 0 Å². The SMILES string of the molecule is [CH2]C(NC)C(c1ccccc1)c1ccc(F)cc1. The highest BCUT2D eigenvalue weighted by Gasteiger charge is 2.19. The van der Waals surface area contributed by atoms with Crippen molar-refractivity contribution >= 4 is 0 Å². The molecule has 2 aromatic rings. The van der Waals surface area contributed by atoms with Crippen LogP contribution < -0.4 is 5.32 Å². The molecule has 1 nitrogen and oxygen atoms in total. The fourth-order valence-electron chi connectivity index (χ4n) is 2.15. The summed E-state index contributed by atoms with van der Waals surface area (Å²) < 4.78 is 13.0. The fourth-order valence-corrected chi connectivity index (χ4v) is 2.15. The molecule has 0 amide bonds. The van der Waals surface area contributed by atoms with Crippen molar-refractivity contribution in [2.24, 2.45) is 0 Å². The fraction of sp³-hybridized carbons (Fsp3) is 0.188. The number of hydrogen-bond donors (Lipinski definition) is 1. The zero-order valence-corrected chi connectivity index (χ0v) is 10.4. The van der Waals surface area contributed by atoms with Crippen LogP contribution in [0.4, 0.5) is 4.39 Å². The number of hydrogen-bond acceptors (Lipinski definition) is 1. The smallest absolute Gasteiger partial charge is 0.123 e. The Bertz CT molecular complexity index is 478. The molecule has 1 radical (unpaired) electrons. The highest BCUT2D eigenvalue weighted by molar-refractivity contribution is 5.34. The van der Waals surface area contributed by atoms with Crippen molar-refractivity contribution in [1.82, 2.24) is 5.32 Å². The Balaban J connectivity index is 2.40. The third kappa shape index (κ3) is 2.77. The Morgan fingerprint density at radius 2 is 1.50 bits per heavy atom. The van der Waals surface area contributed by atoms with Gasteiger partial charge in [-0.25, -0.2) is 4.39 Å². The number of rotatable bonds is 4. The van der Waals surface area contributed by atoms with Gasteiger partial charge in [0.1, 0.15) is 5.82 Å². The summed E-state index contributed by atoms with van der Waals surface area (Å²) in [5.41, 5.74) is 2.25. The predicted molar refractivity (Wildman–Crippen MR) is 72.9 cm³/mol.